The van der Waals surface area contributed by atoms with Gasteiger partial charge >= 0.3 is 0 Å². The Hall–Kier alpha value is -0.730. The van der Waals surface area contributed by atoms with Gasteiger partial charge in [0, 0.05) is 6.54 Å². The molecule has 1 heterocycles. The van der Waals surface area contributed by atoms with Crippen LogP contribution in [0.2, 0.25) is 5.02 Å². The minimum atomic E-state index is 0.679. The minimum absolute atomic E-state index is 0.679. The molecule has 15 heavy (non-hydrogen) atoms. The smallest absolute Gasteiger partial charge is 0.0638 e. The quantitative estimate of drug-likeness (QED) is 0.782. The van der Waals surface area contributed by atoms with Crippen molar-refractivity contribution < 1.29 is 0 Å². The maximum Gasteiger partial charge on any atom is 0.0638 e. The molecular weight excluding hydrogens is 208 g/mol. The highest BCUT2D eigenvalue weighted by atomic mass is 35.5. The van der Waals surface area contributed by atoms with Gasteiger partial charge in [-0.25, -0.2) is 0 Å². The van der Waals surface area contributed by atoms with E-state index >= 15 is 0 Å². The first-order valence-corrected chi connectivity index (χ1v) is 5.76. The first-order chi connectivity index (χ1) is 7.16. The largest absolute Gasteiger partial charge is 0.397 e. The van der Waals surface area contributed by atoms with Crippen LogP contribution >= 0.6 is 11.6 Å². The molecule has 1 aromatic rings. The van der Waals surface area contributed by atoms with Gasteiger partial charge in [0.25, 0.3) is 0 Å². The monoisotopic (exact) mass is 224 g/mol. The second-order valence-corrected chi connectivity index (χ2v) is 4.84. The molecule has 2 rings (SSSR count). The highest BCUT2D eigenvalue weighted by Crippen LogP contribution is 2.27. The Morgan fingerprint density at radius 3 is 3.00 bits per heavy atom. The number of benzene rings is 1. The van der Waals surface area contributed by atoms with Gasteiger partial charge in [-0.15, -0.1) is 0 Å². The summed E-state index contributed by atoms with van der Waals surface area (Å²) in [5.74, 6) is 0.732. The van der Waals surface area contributed by atoms with E-state index in [0.29, 0.717) is 5.02 Å². The summed E-state index contributed by atoms with van der Waals surface area (Å²) in [4.78, 5) is 2.37. The molecule has 0 amide bonds. The lowest BCUT2D eigenvalue weighted by atomic mass is 9.97. The van der Waals surface area contributed by atoms with Gasteiger partial charge in [0.15, 0.2) is 0 Å². The summed E-state index contributed by atoms with van der Waals surface area (Å²) in [5.41, 5.74) is 7.90. The molecular formula is C12H17ClN2. The molecule has 2 N–H and O–H groups in total. The lowest BCUT2D eigenvalue weighted by Crippen LogP contribution is -2.15. The van der Waals surface area contributed by atoms with Crippen molar-refractivity contribution in [2.24, 2.45) is 5.92 Å². The van der Waals surface area contributed by atoms with Crippen LogP contribution < -0.4 is 5.73 Å². The van der Waals surface area contributed by atoms with E-state index in [1.54, 1.807) is 0 Å². The minimum Gasteiger partial charge on any atom is -0.397 e. The number of hydrogen-bond donors (Lipinski definition) is 1. The summed E-state index contributed by atoms with van der Waals surface area (Å²) in [6, 6.07) is 5.91. The Kier molecular flexibility index (Phi) is 3.17. The van der Waals surface area contributed by atoms with Crippen molar-refractivity contribution in [3.63, 3.8) is 0 Å². The highest BCUT2D eigenvalue weighted by molar-refractivity contribution is 6.33. The fourth-order valence-corrected chi connectivity index (χ4v) is 2.46. The third-order valence-corrected chi connectivity index (χ3v) is 3.47. The summed E-state index contributed by atoms with van der Waals surface area (Å²) in [6.45, 7) is 2.37. The summed E-state index contributed by atoms with van der Waals surface area (Å²) in [5, 5.41) is 0.679. The molecule has 1 atom stereocenters. The molecule has 1 fully saturated rings. The number of nitrogens with zero attached hydrogens (tertiary/aromatic N) is 1. The van der Waals surface area contributed by atoms with Gasteiger partial charge in [0.1, 0.15) is 0 Å². The summed E-state index contributed by atoms with van der Waals surface area (Å²) < 4.78 is 0. The molecule has 1 aliphatic rings. The molecule has 0 spiro atoms. The fourth-order valence-electron chi connectivity index (χ4n) is 2.26. The molecule has 1 saturated heterocycles. The first-order valence-electron chi connectivity index (χ1n) is 5.38. The average Bonchev–Trinajstić information content (AvgIpc) is 2.59. The molecule has 82 valence electrons. The number of anilines is 1. The van der Waals surface area contributed by atoms with Crippen molar-refractivity contribution in [1.82, 2.24) is 4.90 Å². The van der Waals surface area contributed by atoms with Crippen LogP contribution in [-0.4, -0.2) is 25.0 Å². The molecule has 1 aliphatic heterocycles. The number of para-hydroxylation sites is 1. The normalized spacial score (nSPS) is 22.1. The van der Waals surface area contributed by atoms with Crippen molar-refractivity contribution in [2.45, 2.75) is 12.8 Å². The van der Waals surface area contributed by atoms with E-state index in [-0.39, 0.29) is 0 Å². The maximum absolute atomic E-state index is 5.99. The Morgan fingerprint density at radius 2 is 2.33 bits per heavy atom. The van der Waals surface area contributed by atoms with Crippen molar-refractivity contribution in [2.75, 3.05) is 25.9 Å². The summed E-state index contributed by atoms with van der Waals surface area (Å²) in [7, 11) is 2.17. The number of hydrogen-bond acceptors (Lipinski definition) is 2. The number of likely N-dealkylation sites (tertiary alicyclic amines) is 1. The molecule has 2 nitrogen and oxygen atoms in total. The predicted molar refractivity (Wildman–Crippen MR) is 65.2 cm³/mol. The second kappa shape index (κ2) is 4.42. The molecule has 0 aliphatic carbocycles. The topological polar surface area (TPSA) is 29.3 Å². The molecule has 0 radical (unpaired) electrons. The van der Waals surface area contributed by atoms with Gasteiger partial charge in [-0.3, -0.25) is 0 Å². The van der Waals surface area contributed by atoms with Gasteiger partial charge in [0.05, 0.1) is 10.7 Å². The van der Waals surface area contributed by atoms with Gasteiger partial charge < -0.3 is 10.6 Å². The van der Waals surface area contributed by atoms with Crippen LogP contribution in [0.15, 0.2) is 18.2 Å². The van der Waals surface area contributed by atoms with E-state index in [1.165, 1.54) is 25.1 Å². The van der Waals surface area contributed by atoms with Crippen LogP contribution in [0.5, 0.6) is 0 Å². The fraction of sp³-hybridized carbons (Fsp3) is 0.500. The van der Waals surface area contributed by atoms with E-state index in [2.05, 4.69) is 18.0 Å². The zero-order chi connectivity index (χ0) is 10.8. The second-order valence-electron chi connectivity index (χ2n) is 4.43. The van der Waals surface area contributed by atoms with Crippen LogP contribution in [0.1, 0.15) is 12.0 Å². The SMILES string of the molecule is CN1CCC(Cc2cccc(Cl)c2N)C1. The number of nitrogens with two attached hydrogens (primary N) is 1. The predicted octanol–water partition coefficient (Wildman–Crippen LogP) is 2.42. The van der Waals surface area contributed by atoms with E-state index in [9.17, 15) is 0 Å². The highest BCUT2D eigenvalue weighted by Gasteiger charge is 2.20. The molecule has 1 aromatic carbocycles. The van der Waals surface area contributed by atoms with E-state index in [0.717, 1.165) is 18.0 Å². The molecule has 0 bridgehead atoms. The molecule has 0 aromatic heterocycles. The lowest BCUT2D eigenvalue weighted by Gasteiger charge is -2.12. The Labute approximate surface area is 96.0 Å². The van der Waals surface area contributed by atoms with Crippen molar-refractivity contribution in [1.29, 1.82) is 0 Å². The third kappa shape index (κ3) is 2.44. The van der Waals surface area contributed by atoms with Crippen LogP contribution in [-0.2, 0) is 6.42 Å². The van der Waals surface area contributed by atoms with E-state index in [4.69, 9.17) is 17.3 Å². The van der Waals surface area contributed by atoms with Gasteiger partial charge in [-0.05, 0) is 44.0 Å². The summed E-state index contributed by atoms with van der Waals surface area (Å²) in [6.07, 6.45) is 2.32. The van der Waals surface area contributed by atoms with Gasteiger partial charge in [-0.2, -0.15) is 0 Å². The zero-order valence-corrected chi connectivity index (χ0v) is 9.80. The molecule has 1 unspecified atom stereocenters. The van der Waals surface area contributed by atoms with Crippen LogP contribution in [0.25, 0.3) is 0 Å². The van der Waals surface area contributed by atoms with Gasteiger partial charge in [0.2, 0.25) is 0 Å². The third-order valence-electron chi connectivity index (χ3n) is 3.14. The zero-order valence-electron chi connectivity index (χ0n) is 9.04. The number of halogens is 1. The Bertz CT molecular complexity index is 351. The number of nitrogen functional groups attached to an aromatic ring is 1. The van der Waals surface area contributed by atoms with E-state index < -0.39 is 0 Å². The number of rotatable bonds is 2. The van der Waals surface area contributed by atoms with Crippen molar-refractivity contribution in [3.05, 3.63) is 28.8 Å². The molecule has 0 saturated carbocycles. The maximum atomic E-state index is 5.99. The molecule has 3 heteroatoms. The Morgan fingerprint density at radius 1 is 1.53 bits per heavy atom. The summed E-state index contributed by atoms with van der Waals surface area (Å²) >= 11 is 5.99. The van der Waals surface area contributed by atoms with Crippen LogP contribution in [0, 0.1) is 5.92 Å². The van der Waals surface area contributed by atoms with Crippen LogP contribution in [0.4, 0.5) is 5.69 Å². The first kappa shape index (κ1) is 10.8. The van der Waals surface area contributed by atoms with Crippen LogP contribution in [0.3, 0.4) is 0 Å². The lowest BCUT2D eigenvalue weighted by molar-refractivity contribution is 0.394. The van der Waals surface area contributed by atoms with Crippen molar-refractivity contribution in [3.8, 4) is 0 Å². The standard InChI is InChI=1S/C12H17ClN2/c1-15-6-5-9(8-15)7-10-3-2-4-11(13)12(10)14/h2-4,9H,5-8,14H2,1H3. The van der Waals surface area contributed by atoms with E-state index in [1.807, 2.05) is 12.1 Å². The van der Waals surface area contributed by atoms with Gasteiger partial charge in [-0.1, -0.05) is 23.7 Å². The average molecular weight is 225 g/mol. The van der Waals surface area contributed by atoms with Crippen molar-refractivity contribution >= 4 is 17.3 Å². The Balaban J connectivity index is 2.07.